The third-order valence-electron chi connectivity index (χ3n) is 8.18. The largest absolute Gasteiger partial charge is 0.497 e. The molecule has 1 aliphatic heterocycles. The van der Waals surface area contributed by atoms with Crippen LogP contribution in [-0.2, 0) is 31.0 Å². The number of halogens is 1. The van der Waals surface area contributed by atoms with Gasteiger partial charge in [-0.15, -0.1) is 0 Å². The Hall–Kier alpha value is -4.80. The van der Waals surface area contributed by atoms with Crippen molar-refractivity contribution in [2.45, 2.75) is 45.1 Å². The fourth-order valence-electron chi connectivity index (χ4n) is 5.60. The highest BCUT2D eigenvalue weighted by molar-refractivity contribution is 6.32. The summed E-state index contributed by atoms with van der Waals surface area (Å²) in [5.41, 5.74) is 5.67. The van der Waals surface area contributed by atoms with E-state index in [-0.39, 0.29) is 17.6 Å². The van der Waals surface area contributed by atoms with Crippen LogP contribution in [0.25, 0.3) is 10.9 Å². The third-order valence-corrected chi connectivity index (χ3v) is 8.47. The number of benzene rings is 2. The van der Waals surface area contributed by atoms with E-state index < -0.39 is 0 Å². The van der Waals surface area contributed by atoms with Crippen molar-refractivity contribution >= 4 is 39.9 Å². The first-order valence-electron chi connectivity index (χ1n) is 14.7. The average Bonchev–Trinajstić information content (AvgIpc) is 3.81. The molecular weight excluding hydrogens is 592 g/mol. The van der Waals surface area contributed by atoms with Crippen LogP contribution in [0.3, 0.4) is 0 Å². The van der Waals surface area contributed by atoms with Crippen LogP contribution in [0.4, 0.5) is 11.5 Å². The molecule has 0 radical (unpaired) electrons. The van der Waals surface area contributed by atoms with Crippen LogP contribution in [0.1, 0.15) is 57.2 Å². The molecule has 1 aliphatic carbocycles. The molecule has 4 heterocycles. The van der Waals surface area contributed by atoms with Crippen LogP contribution in [0.5, 0.6) is 11.5 Å². The van der Waals surface area contributed by atoms with E-state index in [9.17, 15) is 4.79 Å². The van der Waals surface area contributed by atoms with E-state index in [4.69, 9.17) is 30.8 Å². The van der Waals surface area contributed by atoms with Crippen molar-refractivity contribution in [3.05, 3.63) is 106 Å². The molecule has 1 amide bonds. The number of carbonyl (C=O) groups excluding carboxylic acids is 1. The number of methoxy groups -OCH3 is 2. The monoisotopic (exact) mass is 622 g/mol. The molecule has 0 unspecified atom stereocenters. The molecule has 7 rings (SSSR count). The minimum absolute atomic E-state index is 0.232. The molecule has 1 fully saturated rings. The maximum atomic E-state index is 13.9. The molecule has 11 heteroatoms. The van der Waals surface area contributed by atoms with Gasteiger partial charge in [-0.25, -0.2) is 19.9 Å². The van der Waals surface area contributed by atoms with E-state index in [0.717, 1.165) is 69.1 Å². The summed E-state index contributed by atoms with van der Waals surface area (Å²) in [6.07, 6.45) is 6.97. The van der Waals surface area contributed by atoms with Gasteiger partial charge in [0.1, 0.15) is 23.1 Å². The molecule has 0 spiro atoms. The highest BCUT2D eigenvalue weighted by Crippen LogP contribution is 2.38. The zero-order valence-electron chi connectivity index (χ0n) is 24.9. The van der Waals surface area contributed by atoms with Gasteiger partial charge < -0.3 is 24.4 Å². The number of nitrogens with zero attached hydrogens (tertiary/aromatic N) is 5. The first-order chi connectivity index (χ1) is 22.0. The molecule has 10 nitrogen and oxygen atoms in total. The average molecular weight is 623 g/mol. The Kier molecular flexibility index (Phi) is 7.91. The summed E-state index contributed by atoms with van der Waals surface area (Å²) in [7, 11) is 3.27. The van der Waals surface area contributed by atoms with Crippen LogP contribution in [-0.4, -0.2) is 40.1 Å². The number of rotatable bonds is 10. The number of carbonyl (C=O) groups is 1. The number of ether oxygens (including phenoxy) is 3. The summed E-state index contributed by atoms with van der Waals surface area (Å²) in [6.45, 7) is 1.72. The Bertz CT molecular complexity index is 1900. The molecule has 2 aliphatic rings. The molecular formula is C34H31ClN6O4. The van der Waals surface area contributed by atoms with Gasteiger partial charge in [-0.1, -0.05) is 23.7 Å². The van der Waals surface area contributed by atoms with Gasteiger partial charge in [0.05, 0.1) is 50.7 Å². The third kappa shape index (κ3) is 5.86. The van der Waals surface area contributed by atoms with Crippen molar-refractivity contribution in [3.8, 4) is 11.5 Å². The topological polar surface area (TPSA) is 112 Å². The minimum atomic E-state index is -0.265. The van der Waals surface area contributed by atoms with Crippen LogP contribution in [0.15, 0.2) is 67.1 Å². The highest BCUT2D eigenvalue weighted by Gasteiger charge is 2.28. The Morgan fingerprint density at radius 2 is 1.84 bits per heavy atom. The standard InChI is InChI=1S/C34H31ClN6O4/c1-43-24-9-8-22(30(13-24)44-2)14-39-33-27-19-45-18-26(27)25-10-5-20(12-28(25)40-33)17-41(29-4-3-11-36-31(29)35)34(42)23-15-37-32(38-16-23)21-6-7-21/h3-5,8-13,15-16,21H,6-7,14,17-19H2,1-2H3,(H,39,40). The van der Waals surface area contributed by atoms with E-state index in [1.54, 1.807) is 49.8 Å². The number of aromatic nitrogens is 4. The predicted molar refractivity (Wildman–Crippen MR) is 171 cm³/mol. The molecule has 3 aromatic heterocycles. The highest BCUT2D eigenvalue weighted by atomic mass is 35.5. The zero-order chi connectivity index (χ0) is 30.9. The lowest BCUT2D eigenvalue weighted by atomic mass is 10.0. The van der Waals surface area contributed by atoms with E-state index in [1.165, 1.54) is 0 Å². The zero-order valence-corrected chi connectivity index (χ0v) is 25.7. The summed E-state index contributed by atoms with van der Waals surface area (Å²) in [5.74, 6) is 3.12. The number of hydrogen-bond acceptors (Lipinski definition) is 9. The summed E-state index contributed by atoms with van der Waals surface area (Å²) in [6, 6.07) is 15.3. The van der Waals surface area contributed by atoms with Gasteiger partial charge in [0, 0.05) is 53.6 Å². The van der Waals surface area contributed by atoms with Gasteiger partial charge in [-0.2, -0.15) is 0 Å². The van der Waals surface area contributed by atoms with Gasteiger partial charge in [0.2, 0.25) is 0 Å². The maximum Gasteiger partial charge on any atom is 0.261 e. The number of pyridine rings is 2. The summed E-state index contributed by atoms with van der Waals surface area (Å²) in [5, 5.41) is 4.75. The Balaban J connectivity index is 1.20. The van der Waals surface area contributed by atoms with Crippen molar-refractivity contribution in [2.75, 3.05) is 24.4 Å². The predicted octanol–water partition coefficient (Wildman–Crippen LogP) is 6.46. The van der Waals surface area contributed by atoms with Gasteiger partial charge in [0.25, 0.3) is 5.91 Å². The second-order valence-electron chi connectivity index (χ2n) is 11.1. The molecule has 45 heavy (non-hydrogen) atoms. The lowest BCUT2D eigenvalue weighted by Gasteiger charge is -2.24. The van der Waals surface area contributed by atoms with Gasteiger partial charge in [0.15, 0.2) is 5.15 Å². The van der Waals surface area contributed by atoms with E-state index in [0.29, 0.717) is 36.9 Å². The van der Waals surface area contributed by atoms with Gasteiger partial charge in [-0.05, 0) is 54.3 Å². The normalized spacial score (nSPS) is 13.8. The molecule has 0 bridgehead atoms. The molecule has 0 atom stereocenters. The van der Waals surface area contributed by atoms with E-state index >= 15 is 0 Å². The molecule has 5 aromatic rings. The van der Waals surface area contributed by atoms with Crippen molar-refractivity contribution in [1.29, 1.82) is 0 Å². The molecule has 228 valence electrons. The SMILES string of the molecule is COc1ccc(CNc2nc3cc(CN(C(=O)c4cnc(C5CC5)nc4)c4cccnc4Cl)ccc3c3c2COC3)c(OC)c1. The minimum Gasteiger partial charge on any atom is -0.497 e. The second-order valence-corrected chi connectivity index (χ2v) is 11.5. The summed E-state index contributed by atoms with van der Waals surface area (Å²) >= 11 is 6.51. The fourth-order valence-corrected chi connectivity index (χ4v) is 5.82. The van der Waals surface area contributed by atoms with Crippen LogP contribution in [0, 0.1) is 0 Å². The molecule has 1 saturated carbocycles. The van der Waals surface area contributed by atoms with Gasteiger partial charge in [-0.3, -0.25) is 4.79 Å². The first-order valence-corrected chi connectivity index (χ1v) is 15.1. The number of nitrogens with one attached hydrogen (secondary N) is 1. The molecule has 2 aromatic carbocycles. The number of fused-ring (bicyclic) bond motifs is 3. The van der Waals surface area contributed by atoms with Crippen LogP contribution < -0.4 is 19.7 Å². The Labute approximate surface area is 265 Å². The van der Waals surface area contributed by atoms with Crippen LogP contribution in [0.2, 0.25) is 5.15 Å². The molecule has 1 N–H and O–H groups in total. The number of hydrogen-bond donors (Lipinski definition) is 1. The van der Waals surface area contributed by atoms with E-state index in [1.807, 2.05) is 36.4 Å². The Morgan fingerprint density at radius 1 is 1.02 bits per heavy atom. The van der Waals surface area contributed by atoms with Crippen molar-refractivity contribution in [3.63, 3.8) is 0 Å². The number of amides is 1. The second kappa shape index (κ2) is 12.3. The van der Waals surface area contributed by atoms with Crippen LogP contribution >= 0.6 is 11.6 Å². The quantitative estimate of drug-likeness (QED) is 0.175. The smallest absolute Gasteiger partial charge is 0.261 e. The lowest BCUT2D eigenvalue weighted by molar-refractivity contribution is 0.0984. The van der Waals surface area contributed by atoms with Crippen molar-refractivity contribution in [1.82, 2.24) is 19.9 Å². The lowest BCUT2D eigenvalue weighted by Crippen LogP contribution is -2.31. The summed E-state index contributed by atoms with van der Waals surface area (Å²) < 4.78 is 16.8. The fraction of sp³-hybridized carbons (Fsp3) is 0.265. The van der Waals surface area contributed by atoms with Gasteiger partial charge >= 0.3 is 0 Å². The Morgan fingerprint density at radius 3 is 2.60 bits per heavy atom. The van der Waals surface area contributed by atoms with E-state index in [2.05, 4.69) is 20.3 Å². The van der Waals surface area contributed by atoms with Crippen molar-refractivity contribution < 1.29 is 19.0 Å². The van der Waals surface area contributed by atoms with Crippen molar-refractivity contribution in [2.24, 2.45) is 0 Å². The number of anilines is 2. The first kappa shape index (κ1) is 28.9. The molecule has 0 saturated heterocycles. The maximum absolute atomic E-state index is 13.9. The summed E-state index contributed by atoms with van der Waals surface area (Å²) in [4.78, 5) is 33.7.